The quantitative estimate of drug-likeness (QED) is 0.471. The van der Waals surface area contributed by atoms with E-state index in [2.05, 4.69) is 4.74 Å². The molecule has 3 rings (SSSR count). The Morgan fingerprint density at radius 1 is 0.850 bits per heavy atom. The molecule has 0 N–H and O–H groups in total. The van der Waals surface area contributed by atoms with Crippen LogP contribution in [0.2, 0.25) is 0 Å². The van der Waals surface area contributed by atoms with Crippen LogP contribution < -0.4 is 0 Å². The molecule has 2 aliphatic carbocycles. The lowest BCUT2D eigenvalue weighted by atomic mass is 10.0. The molecule has 0 spiro atoms. The number of ether oxygens (including phenoxy) is 2. The molecule has 0 radical (unpaired) electrons. The van der Waals surface area contributed by atoms with Crippen LogP contribution in [0.4, 0.5) is 0 Å². The second-order valence-corrected chi connectivity index (χ2v) is 5.31. The third-order valence-corrected chi connectivity index (χ3v) is 3.70. The second kappa shape index (κ2) is 13.4. The minimum atomic E-state index is -0.245. The Balaban J connectivity index is 0.000000260. The summed E-state index contributed by atoms with van der Waals surface area (Å²) in [4.78, 5) is 9.59. The van der Waals surface area contributed by atoms with Gasteiger partial charge in [-0.3, -0.25) is 4.79 Å². The molecule has 2 unspecified atom stereocenters. The van der Waals surface area contributed by atoms with Crippen molar-refractivity contribution >= 4 is 5.97 Å². The van der Waals surface area contributed by atoms with Crippen molar-refractivity contribution in [1.82, 2.24) is 0 Å². The normalized spacial score (nSPS) is 26.0. The lowest BCUT2D eigenvalue weighted by molar-refractivity contribution is -0.137. The number of hydrogen-bond acceptors (Lipinski definition) is 3. The summed E-state index contributed by atoms with van der Waals surface area (Å²) in [6, 6.07) is 0. The first-order chi connectivity index (χ1) is 9.74. The van der Waals surface area contributed by atoms with E-state index < -0.39 is 0 Å². The molecule has 3 heteroatoms. The summed E-state index contributed by atoms with van der Waals surface area (Å²) in [5.74, 6) is -0.245. The van der Waals surface area contributed by atoms with Crippen LogP contribution in [0.5, 0.6) is 0 Å². The fourth-order valence-electron chi connectivity index (χ4n) is 2.44. The first-order valence-corrected chi connectivity index (χ1v) is 8.44. The van der Waals surface area contributed by atoms with Crippen LogP contribution >= 0.6 is 0 Å². The summed E-state index contributed by atoms with van der Waals surface area (Å²) in [7, 11) is 1.35. The lowest BCUT2D eigenvalue weighted by Crippen LogP contribution is -2.00. The molecule has 0 aromatic heterocycles. The third kappa shape index (κ3) is 11.3. The van der Waals surface area contributed by atoms with Gasteiger partial charge in [0.1, 0.15) is 0 Å². The van der Waals surface area contributed by atoms with Crippen LogP contribution in [-0.2, 0) is 14.3 Å². The van der Waals surface area contributed by atoms with Gasteiger partial charge in [0.25, 0.3) is 0 Å². The van der Waals surface area contributed by atoms with Crippen molar-refractivity contribution < 1.29 is 14.3 Å². The molecule has 3 nitrogen and oxygen atoms in total. The van der Waals surface area contributed by atoms with Crippen molar-refractivity contribution in [3.63, 3.8) is 0 Å². The number of esters is 1. The van der Waals surface area contributed by atoms with Gasteiger partial charge in [0.05, 0.1) is 19.3 Å². The maximum Gasteiger partial charge on any atom is 0.302 e. The molecule has 3 fully saturated rings. The van der Waals surface area contributed by atoms with Crippen LogP contribution in [0.3, 0.4) is 0 Å². The van der Waals surface area contributed by atoms with Gasteiger partial charge in [0, 0.05) is 6.92 Å². The van der Waals surface area contributed by atoms with Gasteiger partial charge in [0.15, 0.2) is 0 Å². The number of hydrogen-bond donors (Lipinski definition) is 0. The van der Waals surface area contributed by atoms with Gasteiger partial charge in [-0.05, 0) is 12.8 Å². The molecule has 120 valence electrons. The van der Waals surface area contributed by atoms with Gasteiger partial charge in [0.2, 0.25) is 0 Å². The minimum Gasteiger partial charge on any atom is -0.469 e. The average Bonchev–Trinajstić information content (AvgIpc) is 3.32. The summed E-state index contributed by atoms with van der Waals surface area (Å²) in [5.41, 5.74) is 0. The number of carbonyl (C=O) groups excluding carboxylic acids is 1. The van der Waals surface area contributed by atoms with Crippen molar-refractivity contribution in [2.24, 2.45) is 0 Å². The van der Waals surface area contributed by atoms with E-state index in [1.54, 1.807) is 0 Å². The zero-order valence-corrected chi connectivity index (χ0v) is 14.0. The average molecular weight is 286 g/mol. The van der Waals surface area contributed by atoms with E-state index in [4.69, 9.17) is 4.74 Å². The summed E-state index contributed by atoms with van der Waals surface area (Å²) in [5, 5.41) is 0. The highest BCUT2D eigenvalue weighted by Crippen LogP contribution is 2.35. The predicted octanol–water partition coefficient (Wildman–Crippen LogP) is 4.87. The fourth-order valence-corrected chi connectivity index (χ4v) is 2.44. The zero-order valence-electron chi connectivity index (χ0n) is 14.0. The highest BCUT2D eigenvalue weighted by molar-refractivity contribution is 5.65. The predicted molar refractivity (Wildman–Crippen MR) is 83.9 cm³/mol. The Hall–Kier alpha value is -0.570. The Kier molecular flexibility index (Phi) is 13.0. The second-order valence-electron chi connectivity index (χ2n) is 5.31. The molecule has 0 bridgehead atoms. The molecule has 0 aromatic rings. The monoisotopic (exact) mass is 286 g/mol. The van der Waals surface area contributed by atoms with Crippen LogP contribution in [0, 0.1) is 0 Å². The van der Waals surface area contributed by atoms with Crippen LogP contribution in [-0.4, -0.2) is 25.3 Å². The van der Waals surface area contributed by atoms with E-state index in [0.29, 0.717) is 12.2 Å². The molecule has 2 saturated carbocycles. The number of rotatable bonds is 0. The molecule has 0 aromatic carbocycles. The van der Waals surface area contributed by atoms with Crippen molar-refractivity contribution in [3.8, 4) is 0 Å². The van der Waals surface area contributed by atoms with Crippen molar-refractivity contribution in [2.75, 3.05) is 7.11 Å². The Morgan fingerprint density at radius 3 is 1.35 bits per heavy atom. The number of methoxy groups -OCH3 is 1. The molecular weight excluding hydrogens is 252 g/mol. The Morgan fingerprint density at radius 2 is 1.15 bits per heavy atom. The van der Waals surface area contributed by atoms with Crippen molar-refractivity contribution in [2.45, 2.75) is 97.2 Å². The zero-order chi connectivity index (χ0) is 15.2. The molecule has 1 aliphatic heterocycles. The highest BCUT2D eigenvalue weighted by Gasteiger charge is 2.39. The van der Waals surface area contributed by atoms with Gasteiger partial charge in [-0.25, -0.2) is 0 Å². The maximum atomic E-state index is 9.59. The van der Waals surface area contributed by atoms with E-state index in [0.717, 1.165) is 0 Å². The smallest absolute Gasteiger partial charge is 0.302 e. The summed E-state index contributed by atoms with van der Waals surface area (Å²) >= 11 is 0. The van der Waals surface area contributed by atoms with Crippen LogP contribution in [0.1, 0.15) is 85.0 Å². The first kappa shape index (κ1) is 19.4. The third-order valence-electron chi connectivity index (χ3n) is 3.70. The van der Waals surface area contributed by atoms with Gasteiger partial charge in [-0.2, -0.15) is 0 Å². The Bertz CT molecular complexity index is 203. The highest BCUT2D eigenvalue weighted by atomic mass is 16.6. The topological polar surface area (TPSA) is 38.8 Å². The minimum absolute atomic E-state index is 0.245. The lowest BCUT2D eigenvalue weighted by Gasteiger charge is -2.05. The SMILES string of the molecule is C1CCC2OC2C1.C1CCCCC1.CC.COC(C)=O. The van der Waals surface area contributed by atoms with Gasteiger partial charge < -0.3 is 9.47 Å². The van der Waals surface area contributed by atoms with E-state index in [9.17, 15) is 4.79 Å². The molecule has 2 atom stereocenters. The summed E-state index contributed by atoms with van der Waals surface area (Å²) in [6.45, 7) is 5.36. The number of fused-ring (bicyclic) bond motifs is 1. The molecule has 1 saturated heterocycles. The van der Waals surface area contributed by atoms with Gasteiger partial charge in [-0.15, -0.1) is 0 Å². The Labute approximate surface area is 125 Å². The summed E-state index contributed by atoms with van der Waals surface area (Å²) in [6.07, 6.45) is 15.9. The van der Waals surface area contributed by atoms with Crippen LogP contribution in [0.25, 0.3) is 0 Å². The molecule has 0 amide bonds. The molecule has 1 heterocycles. The van der Waals surface area contributed by atoms with Crippen molar-refractivity contribution in [3.05, 3.63) is 0 Å². The van der Waals surface area contributed by atoms with E-state index in [1.807, 2.05) is 13.8 Å². The van der Waals surface area contributed by atoms with Crippen molar-refractivity contribution in [1.29, 1.82) is 0 Å². The molecule has 3 aliphatic rings. The fraction of sp³-hybridized carbons (Fsp3) is 0.941. The number of carbonyl (C=O) groups is 1. The van der Waals surface area contributed by atoms with Crippen LogP contribution in [0.15, 0.2) is 0 Å². The van der Waals surface area contributed by atoms with Gasteiger partial charge in [-0.1, -0.05) is 65.2 Å². The first-order valence-electron chi connectivity index (χ1n) is 8.44. The van der Waals surface area contributed by atoms with E-state index in [1.165, 1.54) is 78.2 Å². The summed E-state index contributed by atoms with van der Waals surface area (Å²) < 4.78 is 9.39. The molecular formula is C17H34O3. The largest absolute Gasteiger partial charge is 0.469 e. The molecule has 20 heavy (non-hydrogen) atoms. The van der Waals surface area contributed by atoms with E-state index >= 15 is 0 Å². The standard InChI is InChI=1S/C6H10O.C6H12.C3H6O2.C2H6/c1-2-4-6-5(3-1)7-6;1-2-4-6-5-3-1;1-3(4)5-2;1-2/h5-6H,1-4H2;1-6H2;1-2H3;1-2H3. The maximum absolute atomic E-state index is 9.59. The number of epoxide rings is 1. The van der Waals surface area contributed by atoms with E-state index in [-0.39, 0.29) is 5.97 Å². The van der Waals surface area contributed by atoms with Gasteiger partial charge >= 0.3 is 5.97 Å².